The van der Waals surface area contributed by atoms with E-state index in [1.165, 1.54) is 25.2 Å². The molecule has 0 aliphatic rings. The Balaban J connectivity index is 2.81. The summed E-state index contributed by atoms with van der Waals surface area (Å²) < 4.78 is 35.8. The lowest BCUT2D eigenvalue weighted by molar-refractivity contribution is 0.0627. The van der Waals surface area contributed by atoms with E-state index in [0.29, 0.717) is 26.3 Å². The van der Waals surface area contributed by atoms with Crippen molar-refractivity contribution in [2.75, 3.05) is 40.5 Å². The minimum absolute atomic E-state index is 0.103. The molecule has 1 aromatic rings. The predicted molar refractivity (Wildman–Crippen MR) is 66.0 cm³/mol. The minimum atomic E-state index is -1.04. The Kier molecular flexibility index (Phi) is 6.38. The first-order chi connectivity index (χ1) is 9.10. The fourth-order valence-corrected chi connectivity index (χ4v) is 1.53. The highest BCUT2D eigenvalue weighted by atomic mass is 19.2. The second-order valence-electron chi connectivity index (χ2n) is 3.91. The van der Waals surface area contributed by atoms with E-state index in [9.17, 15) is 13.6 Å². The monoisotopic (exact) mass is 273 g/mol. The maximum absolute atomic E-state index is 13.1. The fourth-order valence-electron chi connectivity index (χ4n) is 1.53. The van der Waals surface area contributed by atoms with E-state index in [4.69, 9.17) is 9.47 Å². The molecule has 0 radical (unpaired) electrons. The number of ether oxygens (including phenoxy) is 2. The molecule has 0 unspecified atom stereocenters. The molecule has 0 aliphatic carbocycles. The van der Waals surface area contributed by atoms with Crippen LogP contribution >= 0.6 is 0 Å². The molecule has 0 atom stereocenters. The first kappa shape index (κ1) is 15.5. The van der Waals surface area contributed by atoms with Crippen molar-refractivity contribution < 1.29 is 23.0 Å². The molecule has 0 aromatic heterocycles. The summed E-state index contributed by atoms with van der Waals surface area (Å²) in [6.07, 6.45) is 0. The maximum Gasteiger partial charge on any atom is 0.254 e. The topological polar surface area (TPSA) is 38.8 Å². The number of carbonyl (C=O) groups excluding carboxylic acids is 1. The largest absolute Gasteiger partial charge is 0.383 e. The highest BCUT2D eigenvalue weighted by Crippen LogP contribution is 2.11. The van der Waals surface area contributed by atoms with Crippen LogP contribution in [0.3, 0.4) is 0 Å². The molecule has 0 bridgehead atoms. The first-order valence-electron chi connectivity index (χ1n) is 5.82. The van der Waals surface area contributed by atoms with Gasteiger partial charge in [0.15, 0.2) is 11.6 Å². The number of rotatable bonds is 7. The van der Waals surface area contributed by atoms with Crippen LogP contribution in [0.15, 0.2) is 18.2 Å². The molecule has 1 amide bonds. The van der Waals surface area contributed by atoms with Gasteiger partial charge in [-0.3, -0.25) is 4.79 Å². The number of hydrogen-bond acceptors (Lipinski definition) is 3. The predicted octanol–water partition coefficient (Wildman–Crippen LogP) is 1.70. The fraction of sp³-hybridized carbons (Fsp3) is 0.462. The molecule has 0 heterocycles. The molecule has 0 saturated carbocycles. The Morgan fingerprint density at radius 3 is 2.16 bits per heavy atom. The standard InChI is InChI=1S/C13H17F2NO3/c1-18-7-5-16(6-8-19-2)13(17)10-3-4-11(14)12(15)9-10/h3-4,9H,5-8H2,1-2H3. The Morgan fingerprint density at radius 1 is 1.11 bits per heavy atom. The van der Waals surface area contributed by atoms with Crippen molar-refractivity contribution in [1.82, 2.24) is 4.90 Å². The second-order valence-corrected chi connectivity index (χ2v) is 3.91. The SMILES string of the molecule is COCCN(CCOC)C(=O)c1ccc(F)c(F)c1. The quantitative estimate of drug-likeness (QED) is 0.759. The number of halogens is 2. The Morgan fingerprint density at radius 2 is 1.68 bits per heavy atom. The van der Waals surface area contributed by atoms with Gasteiger partial charge in [-0.1, -0.05) is 0 Å². The van der Waals surface area contributed by atoms with E-state index in [0.717, 1.165) is 12.1 Å². The second kappa shape index (κ2) is 7.81. The lowest BCUT2D eigenvalue weighted by Gasteiger charge is -2.22. The molecule has 1 rings (SSSR count). The van der Waals surface area contributed by atoms with Crippen molar-refractivity contribution in [3.8, 4) is 0 Å². The van der Waals surface area contributed by atoms with Gasteiger partial charge in [0, 0.05) is 32.9 Å². The Bertz CT molecular complexity index is 418. The minimum Gasteiger partial charge on any atom is -0.383 e. The molecule has 0 spiro atoms. The summed E-state index contributed by atoms with van der Waals surface area (Å²) in [5, 5.41) is 0. The van der Waals surface area contributed by atoms with Gasteiger partial charge in [0.05, 0.1) is 13.2 Å². The molecule has 0 aliphatic heterocycles. The molecular formula is C13H17F2NO3. The van der Waals surface area contributed by atoms with Crippen LogP contribution < -0.4 is 0 Å². The van der Waals surface area contributed by atoms with Gasteiger partial charge >= 0.3 is 0 Å². The summed E-state index contributed by atoms with van der Waals surface area (Å²) >= 11 is 0. The summed E-state index contributed by atoms with van der Waals surface area (Å²) in [6.45, 7) is 1.44. The van der Waals surface area contributed by atoms with Crippen LogP contribution in [-0.4, -0.2) is 51.3 Å². The molecule has 0 fully saturated rings. The van der Waals surface area contributed by atoms with E-state index in [1.807, 2.05) is 0 Å². The van der Waals surface area contributed by atoms with Crippen LogP contribution in [0.25, 0.3) is 0 Å². The molecule has 0 N–H and O–H groups in total. The van der Waals surface area contributed by atoms with Gasteiger partial charge in [-0.25, -0.2) is 8.78 Å². The van der Waals surface area contributed by atoms with Crippen LogP contribution in [-0.2, 0) is 9.47 Å². The van der Waals surface area contributed by atoms with E-state index in [1.54, 1.807) is 0 Å². The summed E-state index contributed by atoms with van der Waals surface area (Å²) in [5.74, 6) is -2.39. The normalized spacial score (nSPS) is 10.5. The third-order valence-electron chi connectivity index (χ3n) is 2.58. The number of nitrogens with zero attached hydrogens (tertiary/aromatic N) is 1. The van der Waals surface area contributed by atoms with E-state index >= 15 is 0 Å². The zero-order valence-electron chi connectivity index (χ0n) is 11.0. The van der Waals surface area contributed by atoms with Crippen LogP contribution in [0.5, 0.6) is 0 Å². The average Bonchev–Trinajstić information content (AvgIpc) is 2.41. The molecule has 0 saturated heterocycles. The number of hydrogen-bond donors (Lipinski definition) is 0. The first-order valence-corrected chi connectivity index (χ1v) is 5.82. The van der Waals surface area contributed by atoms with Gasteiger partial charge in [0.2, 0.25) is 0 Å². The van der Waals surface area contributed by atoms with Gasteiger partial charge in [0.1, 0.15) is 0 Å². The van der Waals surface area contributed by atoms with Gasteiger partial charge in [-0.15, -0.1) is 0 Å². The number of carbonyl (C=O) groups is 1. The van der Waals surface area contributed by atoms with Gasteiger partial charge in [-0.05, 0) is 18.2 Å². The molecule has 1 aromatic carbocycles. The highest BCUT2D eigenvalue weighted by molar-refractivity contribution is 5.94. The van der Waals surface area contributed by atoms with Crippen molar-refractivity contribution in [2.24, 2.45) is 0 Å². The molecular weight excluding hydrogens is 256 g/mol. The van der Waals surface area contributed by atoms with Crippen molar-refractivity contribution in [1.29, 1.82) is 0 Å². The smallest absolute Gasteiger partial charge is 0.254 e. The third kappa shape index (κ3) is 4.57. The Labute approximate surface area is 110 Å². The lowest BCUT2D eigenvalue weighted by atomic mass is 10.2. The van der Waals surface area contributed by atoms with Crippen LogP contribution in [0.4, 0.5) is 8.78 Å². The zero-order chi connectivity index (χ0) is 14.3. The van der Waals surface area contributed by atoms with Crippen molar-refractivity contribution in [3.63, 3.8) is 0 Å². The number of amides is 1. The molecule has 19 heavy (non-hydrogen) atoms. The zero-order valence-corrected chi connectivity index (χ0v) is 11.0. The highest BCUT2D eigenvalue weighted by Gasteiger charge is 2.17. The van der Waals surface area contributed by atoms with Crippen molar-refractivity contribution in [3.05, 3.63) is 35.4 Å². The summed E-state index contributed by atoms with van der Waals surface area (Å²) in [5.41, 5.74) is 0.103. The summed E-state index contributed by atoms with van der Waals surface area (Å²) in [7, 11) is 3.05. The van der Waals surface area contributed by atoms with Crippen LogP contribution in [0, 0.1) is 11.6 Å². The van der Waals surface area contributed by atoms with Crippen molar-refractivity contribution in [2.45, 2.75) is 0 Å². The maximum atomic E-state index is 13.1. The van der Waals surface area contributed by atoms with E-state index < -0.39 is 11.6 Å². The van der Waals surface area contributed by atoms with Gasteiger partial charge in [0.25, 0.3) is 5.91 Å². The average molecular weight is 273 g/mol. The summed E-state index contributed by atoms with van der Waals surface area (Å²) in [6, 6.07) is 3.09. The molecule has 6 heteroatoms. The van der Waals surface area contributed by atoms with Crippen LogP contribution in [0.1, 0.15) is 10.4 Å². The number of methoxy groups -OCH3 is 2. The summed E-state index contributed by atoms with van der Waals surface area (Å²) in [4.78, 5) is 13.6. The lowest BCUT2D eigenvalue weighted by Crippen LogP contribution is -2.36. The van der Waals surface area contributed by atoms with Gasteiger partial charge in [-0.2, -0.15) is 0 Å². The molecule has 106 valence electrons. The van der Waals surface area contributed by atoms with Gasteiger partial charge < -0.3 is 14.4 Å². The third-order valence-corrected chi connectivity index (χ3v) is 2.58. The number of benzene rings is 1. The van der Waals surface area contributed by atoms with E-state index in [-0.39, 0.29) is 11.5 Å². The Hall–Kier alpha value is -1.53. The van der Waals surface area contributed by atoms with Crippen LogP contribution in [0.2, 0.25) is 0 Å². The van der Waals surface area contributed by atoms with E-state index in [2.05, 4.69) is 0 Å². The van der Waals surface area contributed by atoms with Crippen molar-refractivity contribution >= 4 is 5.91 Å². The molecule has 4 nitrogen and oxygen atoms in total.